The quantitative estimate of drug-likeness (QED) is 0.708. The van der Waals surface area contributed by atoms with Crippen LogP contribution in [0.5, 0.6) is 0 Å². The standard InChI is InChI=1S/C12H21NO2/c1-8(15-4)5-11(14)13-6-9-10(7-13)12(9,2)3/h8-10H,5-7H2,1-4H3/t8-,9-,10?/m1/s1. The lowest BCUT2D eigenvalue weighted by atomic mass is 10.1. The van der Waals surface area contributed by atoms with Crippen molar-refractivity contribution in [2.75, 3.05) is 20.2 Å². The number of ether oxygens (including phenoxy) is 1. The average molecular weight is 211 g/mol. The van der Waals surface area contributed by atoms with E-state index in [4.69, 9.17) is 4.74 Å². The van der Waals surface area contributed by atoms with Gasteiger partial charge < -0.3 is 9.64 Å². The molecule has 1 aliphatic heterocycles. The molecule has 1 aliphatic carbocycles. The van der Waals surface area contributed by atoms with Crippen LogP contribution in [0.25, 0.3) is 0 Å². The van der Waals surface area contributed by atoms with Crippen molar-refractivity contribution in [3.63, 3.8) is 0 Å². The molecular weight excluding hydrogens is 190 g/mol. The van der Waals surface area contributed by atoms with Gasteiger partial charge in [0.25, 0.3) is 0 Å². The summed E-state index contributed by atoms with van der Waals surface area (Å²) in [7, 11) is 1.66. The third-order valence-corrected chi connectivity index (χ3v) is 4.34. The average Bonchev–Trinajstić information content (AvgIpc) is 2.59. The number of methoxy groups -OCH3 is 1. The van der Waals surface area contributed by atoms with Crippen LogP contribution in [0.15, 0.2) is 0 Å². The predicted octanol–water partition coefficient (Wildman–Crippen LogP) is 1.53. The van der Waals surface area contributed by atoms with E-state index in [-0.39, 0.29) is 12.0 Å². The van der Waals surface area contributed by atoms with E-state index in [9.17, 15) is 4.79 Å². The van der Waals surface area contributed by atoms with Gasteiger partial charge in [-0.15, -0.1) is 0 Å². The number of hydrogen-bond acceptors (Lipinski definition) is 2. The molecule has 86 valence electrons. The third-order valence-electron chi connectivity index (χ3n) is 4.34. The Balaban J connectivity index is 1.81. The first-order valence-corrected chi connectivity index (χ1v) is 5.77. The molecule has 0 radical (unpaired) electrons. The fourth-order valence-corrected chi connectivity index (χ4v) is 2.79. The molecule has 2 rings (SSSR count). The molecule has 1 heterocycles. The molecule has 3 heteroatoms. The zero-order valence-electron chi connectivity index (χ0n) is 10.1. The first-order valence-electron chi connectivity index (χ1n) is 5.77. The van der Waals surface area contributed by atoms with Gasteiger partial charge >= 0.3 is 0 Å². The fourth-order valence-electron chi connectivity index (χ4n) is 2.79. The highest BCUT2D eigenvalue weighted by molar-refractivity contribution is 5.77. The van der Waals surface area contributed by atoms with Crippen LogP contribution in [0, 0.1) is 17.3 Å². The number of amides is 1. The van der Waals surface area contributed by atoms with Gasteiger partial charge in [0.15, 0.2) is 0 Å². The number of piperidine rings is 1. The number of nitrogens with zero attached hydrogens (tertiary/aromatic N) is 1. The second-order valence-electron chi connectivity index (χ2n) is 5.58. The Kier molecular flexibility index (Phi) is 2.53. The topological polar surface area (TPSA) is 29.5 Å². The highest BCUT2D eigenvalue weighted by Gasteiger charge is 2.62. The molecular formula is C12H21NO2. The number of fused-ring (bicyclic) bond motifs is 1. The summed E-state index contributed by atoms with van der Waals surface area (Å²) in [6.07, 6.45) is 0.568. The Hall–Kier alpha value is -0.570. The van der Waals surface area contributed by atoms with Gasteiger partial charge in [-0.25, -0.2) is 0 Å². The molecule has 3 atom stereocenters. The number of carbonyl (C=O) groups is 1. The molecule has 1 unspecified atom stereocenters. The normalized spacial score (nSPS) is 33.7. The van der Waals surface area contributed by atoms with E-state index < -0.39 is 0 Å². The summed E-state index contributed by atoms with van der Waals surface area (Å²) in [6, 6.07) is 0. The number of rotatable bonds is 3. The lowest BCUT2D eigenvalue weighted by Crippen LogP contribution is -2.34. The summed E-state index contributed by atoms with van der Waals surface area (Å²) in [5.41, 5.74) is 0.490. The first kappa shape index (κ1) is 10.9. The number of hydrogen-bond donors (Lipinski definition) is 0. The molecule has 0 aromatic rings. The highest BCUT2D eigenvalue weighted by atomic mass is 16.5. The summed E-state index contributed by atoms with van der Waals surface area (Å²) in [5, 5.41) is 0. The Bertz CT molecular complexity index is 261. The molecule has 0 aromatic heterocycles. The van der Waals surface area contributed by atoms with E-state index in [1.165, 1.54) is 0 Å². The van der Waals surface area contributed by atoms with Gasteiger partial charge in [-0.1, -0.05) is 13.8 Å². The van der Waals surface area contributed by atoms with E-state index in [0.29, 0.717) is 11.8 Å². The zero-order chi connectivity index (χ0) is 11.2. The third kappa shape index (κ3) is 1.78. The predicted molar refractivity (Wildman–Crippen MR) is 58.4 cm³/mol. The maximum Gasteiger partial charge on any atom is 0.225 e. The SMILES string of the molecule is CO[C@H](C)CC(=O)N1CC2[C@@H](C1)C2(C)C. The highest BCUT2D eigenvalue weighted by Crippen LogP contribution is 2.61. The largest absolute Gasteiger partial charge is 0.381 e. The van der Waals surface area contributed by atoms with E-state index in [1.54, 1.807) is 7.11 Å². The van der Waals surface area contributed by atoms with Crippen LogP contribution in [0.1, 0.15) is 27.2 Å². The van der Waals surface area contributed by atoms with Crippen molar-refractivity contribution in [1.82, 2.24) is 4.90 Å². The van der Waals surface area contributed by atoms with Crippen molar-refractivity contribution in [3.8, 4) is 0 Å². The van der Waals surface area contributed by atoms with Crippen LogP contribution in [-0.2, 0) is 9.53 Å². The van der Waals surface area contributed by atoms with Crippen molar-refractivity contribution in [2.45, 2.75) is 33.3 Å². The molecule has 0 N–H and O–H groups in total. The first-order chi connectivity index (χ1) is 6.96. The van der Waals surface area contributed by atoms with Crippen LogP contribution in [0.3, 0.4) is 0 Å². The minimum atomic E-state index is 0.0439. The van der Waals surface area contributed by atoms with Crippen LogP contribution in [0.2, 0.25) is 0 Å². The summed E-state index contributed by atoms with van der Waals surface area (Å²) in [6.45, 7) is 8.49. The number of likely N-dealkylation sites (tertiary alicyclic amines) is 1. The molecule has 1 saturated heterocycles. The monoisotopic (exact) mass is 211 g/mol. The molecule has 0 bridgehead atoms. The molecule has 2 fully saturated rings. The summed E-state index contributed by atoms with van der Waals surface area (Å²) in [5.74, 6) is 1.76. The van der Waals surface area contributed by atoms with Crippen LogP contribution in [0.4, 0.5) is 0 Å². The smallest absolute Gasteiger partial charge is 0.225 e. The van der Waals surface area contributed by atoms with Gasteiger partial charge in [0.05, 0.1) is 12.5 Å². The minimum Gasteiger partial charge on any atom is -0.381 e. The van der Waals surface area contributed by atoms with Crippen LogP contribution >= 0.6 is 0 Å². The minimum absolute atomic E-state index is 0.0439. The molecule has 0 aromatic carbocycles. The molecule has 1 amide bonds. The van der Waals surface area contributed by atoms with Crippen LogP contribution < -0.4 is 0 Å². The molecule has 3 nitrogen and oxygen atoms in total. The van der Waals surface area contributed by atoms with Gasteiger partial charge in [0.2, 0.25) is 5.91 Å². The zero-order valence-corrected chi connectivity index (χ0v) is 10.1. The molecule has 0 spiro atoms. The Morgan fingerprint density at radius 3 is 2.47 bits per heavy atom. The fraction of sp³-hybridized carbons (Fsp3) is 0.917. The lowest BCUT2D eigenvalue weighted by Gasteiger charge is -2.23. The van der Waals surface area contributed by atoms with Gasteiger partial charge in [-0.2, -0.15) is 0 Å². The van der Waals surface area contributed by atoms with Gasteiger partial charge in [0.1, 0.15) is 0 Å². The summed E-state index contributed by atoms with van der Waals surface area (Å²) in [4.78, 5) is 13.8. The molecule has 15 heavy (non-hydrogen) atoms. The Labute approximate surface area is 91.8 Å². The maximum absolute atomic E-state index is 11.8. The van der Waals surface area contributed by atoms with E-state index in [0.717, 1.165) is 24.9 Å². The van der Waals surface area contributed by atoms with Crippen molar-refractivity contribution in [3.05, 3.63) is 0 Å². The van der Waals surface area contributed by atoms with E-state index in [1.807, 2.05) is 11.8 Å². The summed E-state index contributed by atoms with van der Waals surface area (Å²) < 4.78 is 5.11. The van der Waals surface area contributed by atoms with Gasteiger partial charge in [-0.3, -0.25) is 4.79 Å². The Morgan fingerprint density at radius 1 is 1.47 bits per heavy atom. The maximum atomic E-state index is 11.8. The van der Waals surface area contributed by atoms with Crippen molar-refractivity contribution < 1.29 is 9.53 Å². The van der Waals surface area contributed by atoms with E-state index >= 15 is 0 Å². The van der Waals surface area contributed by atoms with Crippen LogP contribution in [-0.4, -0.2) is 37.1 Å². The second-order valence-corrected chi connectivity index (χ2v) is 5.58. The van der Waals surface area contributed by atoms with E-state index in [2.05, 4.69) is 13.8 Å². The lowest BCUT2D eigenvalue weighted by molar-refractivity contribution is -0.133. The number of carbonyl (C=O) groups excluding carboxylic acids is 1. The van der Waals surface area contributed by atoms with Crippen molar-refractivity contribution in [1.29, 1.82) is 0 Å². The summed E-state index contributed by atoms with van der Waals surface area (Å²) >= 11 is 0. The molecule has 1 saturated carbocycles. The Morgan fingerprint density at radius 2 is 2.00 bits per heavy atom. The second kappa shape index (κ2) is 3.48. The molecule has 2 aliphatic rings. The van der Waals surface area contributed by atoms with Gasteiger partial charge in [0, 0.05) is 20.2 Å². The van der Waals surface area contributed by atoms with Crippen molar-refractivity contribution in [2.24, 2.45) is 17.3 Å². The van der Waals surface area contributed by atoms with Crippen molar-refractivity contribution >= 4 is 5.91 Å². The van der Waals surface area contributed by atoms with Gasteiger partial charge in [-0.05, 0) is 24.2 Å².